The summed E-state index contributed by atoms with van der Waals surface area (Å²) in [6.07, 6.45) is 1.41. The number of rotatable bonds is 7. The van der Waals surface area contributed by atoms with Gasteiger partial charge in [-0.25, -0.2) is 13.9 Å². The summed E-state index contributed by atoms with van der Waals surface area (Å²) < 4.78 is 85.2. The SMILES string of the molecule is CNC(=O)c1cc(Oc2ccc(NC(=O)Nc3cc(C(C)(C)C)nn3-c3cccc(CO)c3)c(F)c2)ccn1.O=S(=O)(O)O.O=S(=O)(O)O. The van der Waals surface area contributed by atoms with E-state index in [4.69, 9.17) is 39.8 Å². The lowest BCUT2D eigenvalue weighted by atomic mass is 9.92. The van der Waals surface area contributed by atoms with Crippen LogP contribution in [0.25, 0.3) is 5.69 Å². The van der Waals surface area contributed by atoms with Crippen LogP contribution in [-0.2, 0) is 32.8 Å². The lowest BCUT2D eigenvalue weighted by molar-refractivity contribution is 0.0957. The molecule has 0 aliphatic rings. The summed E-state index contributed by atoms with van der Waals surface area (Å²) in [5.74, 6) is -0.256. The van der Waals surface area contributed by atoms with Gasteiger partial charge in [-0.05, 0) is 35.9 Å². The molecule has 0 aliphatic heterocycles. The molecule has 3 amide bonds. The van der Waals surface area contributed by atoms with E-state index >= 15 is 0 Å². The molecule has 0 unspecified atom stereocenters. The van der Waals surface area contributed by atoms with Crippen molar-refractivity contribution in [3.63, 3.8) is 0 Å². The molecule has 18 nitrogen and oxygen atoms in total. The van der Waals surface area contributed by atoms with Crippen molar-refractivity contribution in [2.45, 2.75) is 32.8 Å². The number of carbonyl (C=O) groups excluding carboxylic acids is 2. The van der Waals surface area contributed by atoms with Crippen LogP contribution in [0.1, 0.15) is 42.5 Å². The van der Waals surface area contributed by atoms with Gasteiger partial charge in [0.05, 0.1) is 23.7 Å². The van der Waals surface area contributed by atoms with Gasteiger partial charge < -0.3 is 20.5 Å². The molecule has 0 saturated heterocycles. The fourth-order valence-electron chi connectivity index (χ4n) is 3.61. The van der Waals surface area contributed by atoms with Gasteiger partial charge >= 0.3 is 26.8 Å². The van der Waals surface area contributed by atoms with Crippen LogP contribution in [0, 0.1) is 5.82 Å². The number of hydrogen-bond donors (Lipinski definition) is 8. The van der Waals surface area contributed by atoms with E-state index in [0.717, 1.165) is 11.8 Å². The molecule has 4 rings (SSSR count). The Kier molecular flexibility index (Phi) is 13.8. The maximum Gasteiger partial charge on any atom is 0.394 e. The van der Waals surface area contributed by atoms with Crippen LogP contribution in [-0.4, -0.2) is 73.9 Å². The zero-order valence-corrected chi connectivity index (χ0v) is 27.8. The number of urea groups is 1. The van der Waals surface area contributed by atoms with Gasteiger partial charge in [0, 0.05) is 36.9 Å². The van der Waals surface area contributed by atoms with Crippen LogP contribution in [0.5, 0.6) is 11.5 Å². The molecule has 49 heavy (non-hydrogen) atoms. The first-order chi connectivity index (χ1) is 22.6. The molecule has 266 valence electrons. The van der Waals surface area contributed by atoms with Crippen molar-refractivity contribution in [1.82, 2.24) is 20.1 Å². The van der Waals surface area contributed by atoms with Gasteiger partial charge in [-0.1, -0.05) is 32.9 Å². The summed E-state index contributed by atoms with van der Waals surface area (Å²) in [4.78, 5) is 28.6. The molecule has 8 N–H and O–H groups in total. The Morgan fingerprint density at radius 1 is 0.898 bits per heavy atom. The average molecular weight is 729 g/mol. The summed E-state index contributed by atoms with van der Waals surface area (Å²) >= 11 is 0. The van der Waals surface area contributed by atoms with E-state index in [1.54, 1.807) is 35.0 Å². The van der Waals surface area contributed by atoms with Crippen molar-refractivity contribution in [3.8, 4) is 17.2 Å². The predicted octanol–water partition coefficient (Wildman–Crippen LogP) is 3.69. The lowest BCUT2D eigenvalue weighted by Gasteiger charge is -2.14. The summed E-state index contributed by atoms with van der Waals surface area (Å²) in [6.45, 7) is 5.86. The maximum atomic E-state index is 14.9. The molecule has 0 bridgehead atoms. The second-order valence-corrected chi connectivity index (χ2v) is 12.4. The number of nitrogens with zero attached hydrogens (tertiary/aromatic N) is 3. The average Bonchev–Trinajstić information content (AvgIpc) is 3.41. The van der Waals surface area contributed by atoms with E-state index < -0.39 is 32.6 Å². The van der Waals surface area contributed by atoms with E-state index in [9.17, 15) is 19.1 Å². The number of amides is 3. The largest absolute Gasteiger partial charge is 0.457 e. The minimum absolute atomic E-state index is 0.0648. The smallest absolute Gasteiger partial charge is 0.394 e. The highest BCUT2D eigenvalue weighted by atomic mass is 32.3. The van der Waals surface area contributed by atoms with Crippen molar-refractivity contribution < 1.29 is 58.9 Å². The number of aliphatic hydroxyl groups excluding tert-OH is 1. The standard InChI is InChI=1S/C28H29FN6O4.2H2O4S/c1-28(2,3)24-15-25(35(34-24)18-7-5-6-17(12-18)16-36)33-27(38)32-22-9-8-19(13-21(22)29)39-20-10-11-31-23(14-20)26(37)30-4;2*1-5(2,3)4/h5-15,36H,16H2,1-4H3,(H,30,37)(H2,32,33,38);2*(H2,1,2,3,4). The molecule has 0 atom stereocenters. The molecule has 2 heterocycles. The van der Waals surface area contributed by atoms with Crippen molar-refractivity contribution in [3.05, 3.63) is 89.6 Å². The highest BCUT2D eigenvalue weighted by molar-refractivity contribution is 7.80. The molecular weight excluding hydrogens is 695 g/mol. The molecule has 0 saturated carbocycles. The number of pyridine rings is 1. The van der Waals surface area contributed by atoms with Crippen LogP contribution in [0.3, 0.4) is 0 Å². The van der Waals surface area contributed by atoms with Crippen molar-refractivity contribution >= 4 is 44.2 Å². The Hall–Kier alpha value is -5.03. The number of nitrogens with one attached hydrogen (secondary N) is 3. The van der Waals surface area contributed by atoms with E-state index in [1.165, 1.54) is 37.5 Å². The van der Waals surface area contributed by atoms with Gasteiger partial charge in [0.25, 0.3) is 5.91 Å². The topological polar surface area (TPSA) is 280 Å². The Labute approximate surface area is 280 Å². The summed E-state index contributed by atoms with van der Waals surface area (Å²) in [5, 5.41) is 21.9. The van der Waals surface area contributed by atoms with Crippen LogP contribution in [0.2, 0.25) is 0 Å². The fourth-order valence-corrected chi connectivity index (χ4v) is 3.61. The third-order valence-corrected chi connectivity index (χ3v) is 5.67. The molecule has 0 spiro atoms. The normalized spacial score (nSPS) is 11.2. The van der Waals surface area contributed by atoms with Crippen LogP contribution >= 0.6 is 0 Å². The molecule has 0 aliphatic carbocycles. The first-order valence-corrected chi connectivity index (χ1v) is 16.3. The van der Waals surface area contributed by atoms with Gasteiger partial charge in [0.15, 0.2) is 0 Å². The number of halogens is 1. The van der Waals surface area contributed by atoms with Gasteiger partial charge in [0.2, 0.25) is 0 Å². The molecular formula is C28H33FN6O12S2. The molecule has 2 aromatic carbocycles. The highest BCUT2D eigenvalue weighted by Gasteiger charge is 2.22. The minimum Gasteiger partial charge on any atom is -0.457 e. The Morgan fingerprint density at radius 3 is 2.06 bits per heavy atom. The van der Waals surface area contributed by atoms with E-state index in [2.05, 4.69) is 26.0 Å². The van der Waals surface area contributed by atoms with Crippen molar-refractivity contribution in [1.29, 1.82) is 0 Å². The fraction of sp³-hybridized carbons (Fsp3) is 0.214. The van der Waals surface area contributed by atoms with E-state index in [-0.39, 0.29) is 35.1 Å². The monoisotopic (exact) mass is 728 g/mol. The lowest BCUT2D eigenvalue weighted by Crippen LogP contribution is -2.22. The number of benzene rings is 2. The number of aromatic nitrogens is 3. The number of ether oxygens (including phenoxy) is 1. The minimum atomic E-state index is -4.67. The zero-order valence-electron chi connectivity index (χ0n) is 26.2. The maximum absolute atomic E-state index is 14.9. The number of carbonyl (C=O) groups is 2. The highest BCUT2D eigenvalue weighted by Crippen LogP contribution is 2.28. The number of aliphatic hydroxyl groups is 1. The molecule has 2 aromatic heterocycles. The Bertz CT molecular complexity index is 1950. The molecule has 0 fully saturated rings. The van der Waals surface area contributed by atoms with Gasteiger partial charge in [0.1, 0.15) is 28.8 Å². The van der Waals surface area contributed by atoms with Crippen molar-refractivity contribution in [2.75, 3.05) is 17.7 Å². The van der Waals surface area contributed by atoms with Crippen LogP contribution in [0.4, 0.5) is 20.7 Å². The second-order valence-electron chi connectivity index (χ2n) is 10.6. The zero-order chi connectivity index (χ0) is 37.2. The second kappa shape index (κ2) is 16.9. The summed E-state index contributed by atoms with van der Waals surface area (Å²) in [7, 11) is -7.85. The Morgan fingerprint density at radius 2 is 1.51 bits per heavy atom. The van der Waals surface area contributed by atoms with Crippen molar-refractivity contribution in [2.24, 2.45) is 0 Å². The molecule has 4 aromatic rings. The summed E-state index contributed by atoms with van der Waals surface area (Å²) in [6, 6.07) is 15.2. The van der Waals surface area contributed by atoms with Gasteiger partial charge in [-0.15, -0.1) is 0 Å². The first-order valence-electron chi connectivity index (χ1n) is 13.5. The van der Waals surface area contributed by atoms with Gasteiger partial charge in [-0.3, -0.25) is 33.3 Å². The quantitative estimate of drug-likeness (QED) is 0.126. The Balaban J connectivity index is 0.000000730. The summed E-state index contributed by atoms with van der Waals surface area (Å²) in [5.41, 5.74) is 1.86. The number of anilines is 2. The first kappa shape index (κ1) is 40.1. The third-order valence-electron chi connectivity index (χ3n) is 5.67. The van der Waals surface area contributed by atoms with Crippen LogP contribution < -0.4 is 20.7 Å². The number of hydrogen-bond acceptors (Lipinski definition) is 10. The van der Waals surface area contributed by atoms with E-state index in [0.29, 0.717) is 22.8 Å². The molecule has 21 heteroatoms. The van der Waals surface area contributed by atoms with E-state index in [1.807, 2.05) is 20.8 Å². The van der Waals surface area contributed by atoms with Crippen LogP contribution in [0.15, 0.2) is 66.9 Å². The predicted molar refractivity (Wildman–Crippen MR) is 173 cm³/mol. The molecule has 0 radical (unpaired) electrons. The van der Waals surface area contributed by atoms with Gasteiger partial charge in [-0.2, -0.15) is 21.9 Å². The third kappa shape index (κ3) is 14.7.